The topological polar surface area (TPSA) is 49.0 Å². The third kappa shape index (κ3) is 2.87. The maximum atomic E-state index is 14.8. The number of ether oxygens (including phenoxy) is 2. The summed E-state index contributed by atoms with van der Waals surface area (Å²) in [6.07, 6.45) is -2.60. The Morgan fingerprint density at radius 1 is 1.03 bits per heavy atom. The third-order valence-electron chi connectivity index (χ3n) is 8.35. The number of hydrogen-bond acceptors (Lipinski definition) is 5. The Morgan fingerprint density at radius 3 is 2.39 bits per heavy atom. The fraction of sp³-hybridized carbons (Fsp3) is 0.739. The van der Waals surface area contributed by atoms with Crippen LogP contribution in [0.4, 0.5) is 18.9 Å². The van der Waals surface area contributed by atoms with Crippen molar-refractivity contribution in [3.8, 4) is 5.75 Å². The number of nitrogens with one attached hydrogen (secondary N) is 1. The van der Waals surface area contributed by atoms with Gasteiger partial charge in [0.05, 0.1) is 13.2 Å². The van der Waals surface area contributed by atoms with Crippen molar-refractivity contribution in [2.24, 2.45) is 23.7 Å². The van der Waals surface area contributed by atoms with E-state index in [4.69, 9.17) is 19.2 Å². The lowest BCUT2D eigenvalue weighted by Crippen LogP contribution is -2.80. The van der Waals surface area contributed by atoms with Crippen LogP contribution in [0.1, 0.15) is 46.5 Å². The van der Waals surface area contributed by atoms with E-state index in [-0.39, 0.29) is 11.8 Å². The molecule has 5 nitrogen and oxygen atoms in total. The van der Waals surface area contributed by atoms with Crippen molar-refractivity contribution in [3.63, 3.8) is 0 Å². The zero-order valence-electron chi connectivity index (χ0n) is 18.3. The van der Waals surface area contributed by atoms with E-state index < -0.39 is 35.1 Å². The Hall–Kier alpha value is -1.51. The van der Waals surface area contributed by atoms with Crippen molar-refractivity contribution in [3.05, 3.63) is 24.3 Å². The van der Waals surface area contributed by atoms with Gasteiger partial charge in [0.25, 0.3) is 0 Å². The Kier molecular flexibility index (Phi) is 4.64. The molecule has 2 bridgehead atoms. The van der Waals surface area contributed by atoms with E-state index in [2.05, 4.69) is 12.2 Å². The third-order valence-corrected chi connectivity index (χ3v) is 8.35. The van der Waals surface area contributed by atoms with Gasteiger partial charge >= 0.3 is 6.18 Å². The fourth-order valence-electron chi connectivity index (χ4n) is 6.76. The Balaban J connectivity index is 1.58. The maximum absolute atomic E-state index is 14.8. The standard InChI is InChI=1S/C23H30F3NO4/c1-13-5-10-17-14(2)22(23(24,25)26,27-15-6-8-16(28-4)9-7-15)29-19-12-20(3)11-18(13)21(17,19)31-30-20/h6-9,13-14,17-19,27H,5,10-12H2,1-4H3/t13-,14-,17+,18+,19-,20-,21+,22-/m1/s1. The quantitative estimate of drug-likeness (QED) is 0.644. The Bertz CT molecular complexity index is 848. The first-order chi connectivity index (χ1) is 14.5. The largest absolute Gasteiger partial charge is 0.497 e. The average Bonchev–Trinajstić information content (AvgIpc) is 2.72. The zero-order valence-corrected chi connectivity index (χ0v) is 18.3. The molecule has 5 fully saturated rings. The molecule has 1 aromatic rings. The number of rotatable bonds is 3. The van der Waals surface area contributed by atoms with Crippen LogP contribution in [0.2, 0.25) is 0 Å². The van der Waals surface area contributed by atoms with Crippen LogP contribution in [0, 0.1) is 23.7 Å². The van der Waals surface area contributed by atoms with E-state index >= 15 is 0 Å². The molecule has 0 amide bonds. The van der Waals surface area contributed by atoms with Crippen molar-refractivity contribution in [1.29, 1.82) is 0 Å². The molecular weight excluding hydrogens is 411 g/mol. The number of hydrogen-bond donors (Lipinski definition) is 1. The minimum absolute atomic E-state index is 0.124. The highest BCUT2D eigenvalue weighted by atomic mass is 19.4. The monoisotopic (exact) mass is 441 g/mol. The molecule has 31 heavy (non-hydrogen) atoms. The molecule has 3 heterocycles. The molecule has 2 aliphatic carbocycles. The summed E-state index contributed by atoms with van der Waals surface area (Å²) < 4.78 is 55.6. The van der Waals surface area contributed by atoms with Crippen LogP contribution in [-0.2, 0) is 14.5 Å². The lowest BCUT2D eigenvalue weighted by atomic mass is 9.50. The van der Waals surface area contributed by atoms with Crippen molar-refractivity contribution >= 4 is 5.69 Å². The van der Waals surface area contributed by atoms with Crippen LogP contribution in [0.3, 0.4) is 0 Å². The fourth-order valence-corrected chi connectivity index (χ4v) is 6.76. The van der Waals surface area contributed by atoms with Crippen molar-refractivity contribution in [1.82, 2.24) is 0 Å². The second-order valence-electron chi connectivity index (χ2n) is 10.1. The summed E-state index contributed by atoms with van der Waals surface area (Å²) in [5.74, 6) is -0.142. The van der Waals surface area contributed by atoms with E-state index in [1.807, 2.05) is 6.92 Å². The van der Waals surface area contributed by atoms with E-state index in [0.29, 0.717) is 30.2 Å². The highest BCUT2D eigenvalue weighted by molar-refractivity contribution is 5.49. The van der Waals surface area contributed by atoms with E-state index in [1.54, 1.807) is 31.2 Å². The molecular formula is C23H30F3NO4. The van der Waals surface area contributed by atoms with Gasteiger partial charge in [-0.2, -0.15) is 13.2 Å². The van der Waals surface area contributed by atoms with Gasteiger partial charge in [0.2, 0.25) is 5.72 Å². The van der Waals surface area contributed by atoms with Gasteiger partial charge in [0.15, 0.2) is 0 Å². The number of alkyl halides is 3. The molecule has 172 valence electrons. The van der Waals surface area contributed by atoms with Crippen molar-refractivity contribution in [2.75, 3.05) is 12.4 Å². The lowest BCUT2D eigenvalue weighted by Gasteiger charge is -2.69. The summed E-state index contributed by atoms with van der Waals surface area (Å²) >= 11 is 0. The summed E-state index contributed by atoms with van der Waals surface area (Å²) in [6, 6.07) is 6.46. The molecule has 1 N–H and O–H groups in total. The molecule has 1 aromatic carbocycles. The number of anilines is 1. The molecule has 1 spiro atoms. The highest BCUT2D eigenvalue weighted by Gasteiger charge is 2.77. The number of fused-ring (bicyclic) bond motifs is 1. The Labute approximate surface area is 180 Å². The van der Waals surface area contributed by atoms with Gasteiger partial charge < -0.3 is 14.8 Å². The van der Waals surface area contributed by atoms with Gasteiger partial charge in [-0.3, -0.25) is 0 Å². The molecule has 8 heteroatoms. The van der Waals surface area contributed by atoms with Crippen LogP contribution in [0.25, 0.3) is 0 Å². The van der Waals surface area contributed by atoms with Crippen molar-refractivity contribution < 1.29 is 32.4 Å². The molecule has 3 saturated heterocycles. The van der Waals surface area contributed by atoms with Crippen LogP contribution in [-0.4, -0.2) is 36.3 Å². The Morgan fingerprint density at radius 2 is 1.74 bits per heavy atom. The predicted molar refractivity (Wildman–Crippen MR) is 107 cm³/mol. The molecule has 8 atom stereocenters. The second-order valence-corrected chi connectivity index (χ2v) is 10.1. The van der Waals surface area contributed by atoms with Gasteiger partial charge in [0.1, 0.15) is 17.0 Å². The number of halogens is 3. The number of methoxy groups -OCH3 is 1. The first-order valence-corrected chi connectivity index (χ1v) is 11.1. The SMILES string of the molecule is COc1ccc(N[C@@]2(C(F)(F)F)O[C@@H]3C[C@@]4(C)C[C@H]5[C@H](C)CC[C@@H]([C@H]2C)[C@@]35OO4)cc1. The summed E-state index contributed by atoms with van der Waals surface area (Å²) in [7, 11) is 1.52. The molecule has 0 aromatic heterocycles. The van der Waals surface area contributed by atoms with Crippen LogP contribution >= 0.6 is 0 Å². The average molecular weight is 441 g/mol. The zero-order chi connectivity index (χ0) is 22.2. The van der Waals surface area contributed by atoms with E-state index in [1.165, 1.54) is 7.11 Å². The van der Waals surface area contributed by atoms with Crippen LogP contribution < -0.4 is 10.1 Å². The van der Waals surface area contributed by atoms with Gasteiger partial charge in [0, 0.05) is 23.9 Å². The minimum atomic E-state index is -4.62. The number of benzene rings is 1. The van der Waals surface area contributed by atoms with E-state index in [9.17, 15) is 13.2 Å². The molecule has 3 aliphatic heterocycles. The van der Waals surface area contributed by atoms with Gasteiger partial charge in [-0.25, -0.2) is 9.78 Å². The van der Waals surface area contributed by atoms with Crippen LogP contribution in [0.5, 0.6) is 5.75 Å². The summed E-state index contributed by atoms with van der Waals surface area (Å²) in [5, 5.41) is 2.75. The van der Waals surface area contributed by atoms with Gasteiger partial charge in [-0.15, -0.1) is 0 Å². The maximum Gasteiger partial charge on any atom is 0.436 e. The normalized spacial score (nSPS) is 46.4. The molecule has 6 rings (SSSR count). The summed E-state index contributed by atoms with van der Waals surface area (Å²) in [6.45, 7) is 5.73. The molecule has 0 radical (unpaired) electrons. The first-order valence-electron chi connectivity index (χ1n) is 11.1. The summed E-state index contributed by atoms with van der Waals surface area (Å²) in [5.41, 5.74) is -3.63. The summed E-state index contributed by atoms with van der Waals surface area (Å²) in [4.78, 5) is 11.8. The molecule has 5 aliphatic rings. The highest BCUT2D eigenvalue weighted by Crippen LogP contribution is 2.66. The van der Waals surface area contributed by atoms with Crippen molar-refractivity contribution in [2.45, 2.75) is 75.7 Å². The molecule has 0 unspecified atom stereocenters. The second kappa shape index (κ2) is 6.75. The first kappa shape index (κ1) is 21.3. The minimum Gasteiger partial charge on any atom is -0.497 e. The van der Waals surface area contributed by atoms with Gasteiger partial charge in [-0.05, 0) is 62.3 Å². The van der Waals surface area contributed by atoms with Crippen LogP contribution in [0.15, 0.2) is 24.3 Å². The molecule has 2 saturated carbocycles. The lowest BCUT2D eigenvalue weighted by molar-refractivity contribution is -0.539. The predicted octanol–water partition coefficient (Wildman–Crippen LogP) is 5.32. The van der Waals surface area contributed by atoms with E-state index in [0.717, 1.165) is 12.8 Å². The van der Waals surface area contributed by atoms with Gasteiger partial charge in [-0.1, -0.05) is 13.8 Å². The smallest absolute Gasteiger partial charge is 0.436 e.